The number of unbranched alkanes of at least 4 members (excludes halogenated alkanes) is 18. The van der Waals surface area contributed by atoms with E-state index in [1.54, 1.807) is 0 Å². The van der Waals surface area contributed by atoms with E-state index in [9.17, 15) is 0 Å². The number of para-hydroxylation sites is 1. The summed E-state index contributed by atoms with van der Waals surface area (Å²) in [5, 5.41) is 0. The predicted molar refractivity (Wildman–Crippen MR) is 165 cm³/mol. The lowest BCUT2D eigenvalue weighted by molar-refractivity contribution is 0.174. The molecule has 3 nitrogen and oxygen atoms in total. The van der Waals surface area contributed by atoms with Crippen LogP contribution in [-0.4, -0.2) is 19.4 Å². The second-order valence-corrected chi connectivity index (χ2v) is 13.1. The molecule has 0 radical (unpaired) electrons. The number of benzene rings is 1. The molecule has 0 bridgehead atoms. The van der Waals surface area contributed by atoms with Gasteiger partial charge in [0.25, 0.3) is 0 Å². The van der Waals surface area contributed by atoms with Crippen LogP contribution in [0.5, 0.6) is 5.75 Å². The Bertz CT molecular complexity index is 560. The summed E-state index contributed by atoms with van der Waals surface area (Å²) in [6.07, 6.45) is 28.0. The van der Waals surface area contributed by atoms with Crippen molar-refractivity contribution < 1.29 is 13.6 Å². The molecule has 0 aliphatic heterocycles. The van der Waals surface area contributed by atoms with E-state index in [0.29, 0.717) is 0 Å². The summed E-state index contributed by atoms with van der Waals surface area (Å²) in [6, 6.07) is 10.2. The SMILES string of the molecule is CCCCCCCCCO[P+](CCCCCCCCC)(OCCCCCCCCC)Oc1ccccc1. The minimum atomic E-state index is -2.41. The van der Waals surface area contributed by atoms with Crippen molar-refractivity contribution in [2.45, 2.75) is 156 Å². The standard InChI is InChI=1S/C33H62O3P/c1-4-7-10-13-16-19-25-30-34-37(36-33-28-23-22-24-29-33,32-27-21-18-15-12-9-6-3)35-31-26-20-17-14-11-8-5-2/h22-24,28-29H,4-21,25-27,30-32H2,1-3H3/q+1. The van der Waals surface area contributed by atoms with Crippen molar-refractivity contribution >= 4 is 7.94 Å². The lowest BCUT2D eigenvalue weighted by Gasteiger charge is -2.23. The van der Waals surface area contributed by atoms with Crippen molar-refractivity contribution in [3.05, 3.63) is 30.3 Å². The van der Waals surface area contributed by atoms with E-state index in [2.05, 4.69) is 20.8 Å². The molecule has 0 aliphatic carbocycles. The molecule has 0 heterocycles. The highest BCUT2D eigenvalue weighted by Crippen LogP contribution is 2.62. The molecule has 0 aromatic heterocycles. The van der Waals surface area contributed by atoms with Gasteiger partial charge in [-0.3, -0.25) is 4.52 Å². The largest absolute Gasteiger partial charge is 0.456 e. The molecule has 0 amide bonds. The lowest BCUT2D eigenvalue weighted by Crippen LogP contribution is -2.15. The summed E-state index contributed by atoms with van der Waals surface area (Å²) in [6.45, 7) is 8.34. The van der Waals surface area contributed by atoms with Crippen molar-refractivity contribution in [3.63, 3.8) is 0 Å². The van der Waals surface area contributed by atoms with Gasteiger partial charge in [-0.15, -0.1) is 0 Å². The van der Waals surface area contributed by atoms with Crippen molar-refractivity contribution in [2.24, 2.45) is 0 Å². The molecule has 0 saturated heterocycles. The van der Waals surface area contributed by atoms with Crippen LogP contribution in [0.15, 0.2) is 30.3 Å². The molecule has 0 unspecified atom stereocenters. The summed E-state index contributed by atoms with van der Waals surface area (Å²) in [7, 11) is -2.41. The van der Waals surface area contributed by atoms with Gasteiger partial charge in [0.05, 0.1) is 13.2 Å². The number of hydrogen-bond donors (Lipinski definition) is 0. The third kappa shape index (κ3) is 20.0. The maximum absolute atomic E-state index is 6.63. The minimum Gasteiger partial charge on any atom is -0.287 e. The maximum Gasteiger partial charge on any atom is 0.456 e. The third-order valence-electron chi connectivity index (χ3n) is 7.09. The van der Waals surface area contributed by atoms with Gasteiger partial charge in [-0.25, -0.2) is 0 Å². The van der Waals surface area contributed by atoms with E-state index in [0.717, 1.165) is 44.4 Å². The van der Waals surface area contributed by atoms with Crippen LogP contribution in [-0.2, 0) is 9.05 Å². The highest BCUT2D eigenvalue weighted by molar-refractivity contribution is 7.62. The Kier molecular flexibility index (Phi) is 23.8. The summed E-state index contributed by atoms with van der Waals surface area (Å²) in [5.74, 6) is 0.887. The first-order valence-corrected chi connectivity index (χ1v) is 17.9. The fourth-order valence-electron chi connectivity index (χ4n) is 4.69. The molecule has 0 N–H and O–H groups in total. The van der Waals surface area contributed by atoms with Crippen LogP contribution in [0.4, 0.5) is 0 Å². The molecule has 1 rings (SSSR count). The molecule has 216 valence electrons. The van der Waals surface area contributed by atoms with Crippen LogP contribution in [0, 0.1) is 0 Å². The summed E-state index contributed by atoms with van der Waals surface area (Å²) < 4.78 is 19.9. The van der Waals surface area contributed by atoms with Gasteiger partial charge in [-0.1, -0.05) is 148 Å². The average molecular weight is 538 g/mol. The van der Waals surface area contributed by atoms with Crippen molar-refractivity contribution in [1.82, 2.24) is 0 Å². The summed E-state index contributed by atoms with van der Waals surface area (Å²) in [4.78, 5) is 0. The van der Waals surface area contributed by atoms with Crippen LogP contribution in [0.1, 0.15) is 156 Å². The quantitative estimate of drug-likeness (QED) is 0.0785. The highest BCUT2D eigenvalue weighted by atomic mass is 31.2. The molecule has 0 atom stereocenters. The first-order chi connectivity index (χ1) is 18.3. The van der Waals surface area contributed by atoms with E-state index in [1.165, 1.54) is 116 Å². The van der Waals surface area contributed by atoms with E-state index in [1.807, 2.05) is 30.3 Å². The van der Waals surface area contributed by atoms with Crippen molar-refractivity contribution in [1.29, 1.82) is 0 Å². The van der Waals surface area contributed by atoms with Crippen LogP contribution >= 0.6 is 7.94 Å². The van der Waals surface area contributed by atoms with Gasteiger partial charge in [0.15, 0.2) is 5.75 Å². The first kappa shape index (κ1) is 34.4. The molecule has 1 aromatic carbocycles. The van der Waals surface area contributed by atoms with E-state index in [-0.39, 0.29) is 0 Å². The molecular formula is C33H62O3P+. The molecule has 1 aromatic rings. The van der Waals surface area contributed by atoms with Crippen molar-refractivity contribution in [2.75, 3.05) is 19.4 Å². The fraction of sp³-hybridized carbons (Fsp3) is 0.818. The monoisotopic (exact) mass is 537 g/mol. The van der Waals surface area contributed by atoms with Gasteiger partial charge in [0.1, 0.15) is 6.16 Å². The molecule has 37 heavy (non-hydrogen) atoms. The second kappa shape index (κ2) is 25.6. The Morgan fingerprint density at radius 3 is 1.27 bits per heavy atom. The Balaban J connectivity index is 2.64. The normalized spacial score (nSPS) is 11.8. The van der Waals surface area contributed by atoms with Gasteiger partial charge < -0.3 is 0 Å². The maximum atomic E-state index is 6.63. The number of rotatable bonds is 28. The Morgan fingerprint density at radius 1 is 0.459 bits per heavy atom. The highest BCUT2D eigenvalue weighted by Gasteiger charge is 2.46. The molecule has 0 fully saturated rings. The van der Waals surface area contributed by atoms with E-state index >= 15 is 0 Å². The van der Waals surface area contributed by atoms with Gasteiger partial charge >= 0.3 is 7.94 Å². The summed E-state index contributed by atoms with van der Waals surface area (Å²) in [5.41, 5.74) is 0. The van der Waals surface area contributed by atoms with Crippen LogP contribution < -0.4 is 4.52 Å². The molecule has 0 spiro atoms. The molecule has 0 aliphatic rings. The minimum absolute atomic E-state index is 0.752. The van der Waals surface area contributed by atoms with Crippen LogP contribution in [0.2, 0.25) is 0 Å². The van der Waals surface area contributed by atoms with Gasteiger partial charge in [0.2, 0.25) is 0 Å². The first-order valence-electron chi connectivity index (χ1n) is 16.2. The average Bonchev–Trinajstić information content (AvgIpc) is 2.92. The zero-order valence-electron chi connectivity index (χ0n) is 25.0. The van der Waals surface area contributed by atoms with Crippen LogP contribution in [0.25, 0.3) is 0 Å². The molecule has 4 heteroatoms. The third-order valence-corrected chi connectivity index (χ3v) is 9.60. The van der Waals surface area contributed by atoms with Gasteiger partial charge in [0, 0.05) is 0 Å². The predicted octanol–water partition coefficient (Wildman–Crippen LogP) is 12.1. The zero-order valence-corrected chi connectivity index (χ0v) is 25.9. The molecular weight excluding hydrogens is 475 g/mol. The Labute approximate surface area is 232 Å². The number of hydrogen-bond acceptors (Lipinski definition) is 3. The second-order valence-electron chi connectivity index (χ2n) is 10.8. The van der Waals surface area contributed by atoms with Gasteiger partial charge in [-0.05, 0) is 37.8 Å². The van der Waals surface area contributed by atoms with Gasteiger partial charge in [-0.2, -0.15) is 9.05 Å². The lowest BCUT2D eigenvalue weighted by atomic mass is 10.1. The van der Waals surface area contributed by atoms with Crippen LogP contribution in [0.3, 0.4) is 0 Å². The fourth-order valence-corrected chi connectivity index (χ4v) is 7.09. The smallest absolute Gasteiger partial charge is 0.287 e. The topological polar surface area (TPSA) is 27.7 Å². The van der Waals surface area contributed by atoms with Crippen molar-refractivity contribution in [3.8, 4) is 5.75 Å². The zero-order chi connectivity index (χ0) is 26.7. The van der Waals surface area contributed by atoms with E-state index in [4.69, 9.17) is 13.6 Å². The van der Waals surface area contributed by atoms with E-state index < -0.39 is 7.94 Å². The summed E-state index contributed by atoms with van der Waals surface area (Å²) >= 11 is 0. The Morgan fingerprint density at radius 2 is 0.838 bits per heavy atom. The Hall–Kier alpha value is -0.630. The molecule has 0 saturated carbocycles.